The van der Waals surface area contributed by atoms with Crippen LogP contribution in [-0.4, -0.2) is 18.2 Å². The Bertz CT molecular complexity index is 778. The van der Waals surface area contributed by atoms with Crippen molar-refractivity contribution in [2.24, 2.45) is 5.92 Å². The highest BCUT2D eigenvalue weighted by atomic mass is 16.7. The van der Waals surface area contributed by atoms with E-state index in [0.717, 1.165) is 24.5 Å². The molecule has 3 rings (SSSR count). The smallest absolute Gasteiger partial charge is 0.185 e. The van der Waals surface area contributed by atoms with Gasteiger partial charge in [-0.2, -0.15) is 0 Å². The van der Waals surface area contributed by atoms with Crippen molar-refractivity contribution in [2.45, 2.75) is 116 Å². The van der Waals surface area contributed by atoms with E-state index in [0.29, 0.717) is 5.92 Å². The topological polar surface area (TPSA) is 31.4 Å². The van der Waals surface area contributed by atoms with E-state index in [4.69, 9.17) is 14.5 Å². The summed E-state index contributed by atoms with van der Waals surface area (Å²) in [5, 5.41) is 0. The average Bonchev–Trinajstić information content (AvgIpc) is 2.91. The monoisotopic (exact) mass is 479 g/mol. The summed E-state index contributed by atoms with van der Waals surface area (Å²) < 4.78 is 12.1. The average molecular weight is 480 g/mol. The fourth-order valence-electron chi connectivity index (χ4n) is 4.96. The van der Waals surface area contributed by atoms with Crippen molar-refractivity contribution < 1.29 is 9.47 Å². The molecule has 0 radical (unpaired) electrons. The van der Waals surface area contributed by atoms with E-state index in [1.807, 2.05) is 6.20 Å². The molecular weight excluding hydrogens is 430 g/mol. The standard InChI is InChI=1S/C32H49NO2/c1-3-5-7-9-11-13-15-17-28-25-34-32(35-26-28)30-22-23-31(33-24-30)29-20-18-27(19-21-29)16-14-12-10-8-6-4-2/h18-24,28,32H,3-17,25-26H2,1-2H3/t28-,32-. The lowest BCUT2D eigenvalue weighted by atomic mass is 10.0. The molecule has 0 spiro atoms. The molecule has 1 aliphatic heterocycles. The molecule has 0 aliphatic carbocycles. The second kappa shape index (κ2) is 16.9. The van der Waals surface area contributed by atoms with Gasteiger partial charge in [0, 0.05) is 23.2 Å². The third-order valence-corrected chi connectivity index (χ3v) is 7.31. The lowest BCUT2D eigenvalue weighted by molar-refractivity contribution is -0.206. The van der Waals surface area contributed by atoms with Crippen LogP contribution in [0, 0.1) is 5.92 Å². The summed E-state index contributed by atoms with van der Waals surface area (Å²) in [5.41, 5.74) is 4.62. The number of unbranched alkanes of at least 4 members (excludes halogenated alkanes) is 11. The van der Waals surface area contributed by atoms with Gasteiger partial charge in [-0.1, -0.05) is 121 Å². The molecule has 0 saturated carbocycles. The molecule has 2 aromatic rings. The normalized spacial score (nSPS) is 18.1. The van der Waals surface area contributed by atoms with Crippen molar-refractivity contribution in [3.63, 3.8) is 0 Å². The largest absolute Gasteiger partial charge is 0.348 e. The summed E-state index contributed by atoms with van der Waals surface area (Å²) in [7, 11) is 0. The second-order valence-corrected chi connectivity index (χ2v) is 10.5. The van der Waals surface area contributed by atoms with Crippen molar-refractivity contribution >= 4 is 0 Å². The molecule has 35 heavy (non-hydrogen) atoms. The molecule has 0 N–H and O–H groups in total. The molecule has 1 saturated heterocycles. The maximum absolute atomic E-state index is 6.05. The zero-order valence-electron chi connectivity index (χ0n) is 22.5. The molecule has 3 heteroatoms. The van der Waals surface area contributed by atoms with Gasteiger partial charge < -0.3 is 9.47 Å². The Hall–Kier alpha value is -1.71. The van der Waals surface area contributed by atoms with Gasteiger partial charge in [-0.15, -0.1) is 0 Å². The van der Waals surface area contributed by atoms with Crippen LogP contribution in [0.5, 0.6) is 0 Å². The first-order valence-corrected chi connectivity index (χ1v) is 14.6. The fourth-order valence-corrected chi connectivity index (χ4v) is 4.96. The maximum atomic E-state index is 6.05. The van der Waals surface area contributed by atoms with E-state index in [1.54, 1.807) is 0 Å². The highest BCUT2D eigenvalue weighted by molar-refractivity contribution is 5.59. The summed E-state index contributed by atoms with van der Waals surface area (Å²) in [6, 6.07) is 13.1. The second-order valence-electron chi connectivity index (χ2n) is 10.5. The summed E-state index contributed by atoms with van der Waals surface area (Å²) in [6.07, 6.45) is 21.6. The van der Waals surface area contributed by atoms with Gasteiger partial charge in [0.05, 0.1) is 18.9 Å². The van der Waals surface area contributed by atoms with Crippen LogP contribution in [-0.2, 0) is 15.9 Å². The number of ether oxygens (including phenoxy) is 2. The van der Waals surface area contributed by atoms with E-state index in [1.165, 1.54) is 107 Å². The van der Waals surface area contributed by atoms with Crippen LogP contribution in [0.3, 0.4) is 0 Å². The van der Waals surface area contributed by atoms with Gasteiger partial charge in [-0.25, -0.2) is 0 Å². The lowest BCUT2D eigenvalue weighted by Crippen LogP contribution is -2.27. The molecule has 2 heterocycles. The van der Waals surface area contributed by atoms with Crippen molar-refractivity contribution in [3.8, 4) is 11.3 Å². The quantitative estimate of drug-likeness (QED) is 0.212. The Balaban J connectivity index is 1.35. The molecule has 1 aromatic carbocycles. The molecule has 3 nitrogen and oxygen atoms in total. The molecule has 1 fully saturated rings. The minimum atomic E-state index is -0.276. The number of benzene rings is 1. The van der Waals surface area contributed by atoms with Crippen molar-refractivity contribution in [2.75, 3.05) is 13.2 Å². The van der Waals surface area contributed by atoms with E-state index in [-0.39, 0.29) is 6.29 Å². The predicted molar refractivity (Wildman–Crippen MR) is 147 cm³/mol. The summed E-state index contributed by atoms with van der Waals surface area (Å²) in [6.45, 7) is 6.13. The number of aryl methyl sites for hydroxylation is 1. The van der Waals surface area contributed by atoms with Gasteiger partial charge in [0.1, 0.15) is 0 Å². The number of pyridine rings is 1. The van der Waals surface area contributed by atoms with Crippen LogP contribution in [0.25, 0.3) is 11.3 Å². The first-order chi connectivity index (χ1) is 17.3. The van der Waals surface area contributed by atoms with E-state index in [9.17, 15) is 0 Å². The summed E-state index contributed by atoms with van der Waals surface area (Å²) in [4.78, 5) is 4.71. The van der Waals surface area contributed by atoms with Crippen LogP contribution in [0.4, 0.5) is 0 Å². The third kappa shape index (κ3) is 10.4. The summed E-state index contributed by atoms with van der Waals surface area (Å²) >= 11 is 0. The van der Waals surface area contributed by atoms with Crippen LogP contribution in [0.15, 0.2) is 42.6 Å². The molecule has 0 atom stereocenters. The first-order valence-electron chi connectivity index (χ1n) is 14.6. The Labute approximate surface area is 215 Å². The zero-order chi connectivity index (χ0) is 24.6. The Morgan fingerprint density at radius 3 is 1.89 bits per heavy atom. The Kier molecular flexibility index (Phi) is 13.4. The first kappa shape index (κ1) is 27.9. The minimum absolute atomic E-state index is 0.276. The van der Waals surface area contributed by atoms with Crippen LogP contribution < -0.4 is 0 Å². The molecule has 0 bridgehead atoms. The predicted octanol–water partition coefficient (Wildman–Crippen LogP) is 9.45. The van der Waals surface area contributed by atoms with Crippen molar-refractivity contribution in [3.05, 3.63) is 53.7 Å². The molecular formula is C32H49NO2. The molecule has 194 valence electrons. The molecule has 1 aromatic heterocycles. The lowest BCUT2D eigenvalue weighted by Gasteiger charge is -2.29. The van der Waals surface area contributed by atoms with Gasteiger partial charge in [-0.05, 0) is 30.9 Å². The fraction of sp³-hybridized carbons (Fsp3) is 0.656. The van der Waals surface area contributed by atoms with Crippen molar-refractivity contribution in [1.82, 2.24) is 4.98 Å². The Morgan fingerprint density at radius 1 is 0.686 bits per heavy atom. The highest BCUT2D eigenvalue weighted by Gasteiger charge is 2.23. The van der Waals surface area contributed by atoms with E-state index >= 15 is 0 Å². The van der Waals surface area contributed by atoms with Crippen LogP contribution in [0.1, 0.15) is 121 Å². The zero-order valence-corrected chi connectivity index (χ0v) is 22.5. The van der Waals surface area contributed by atoms with Gasteiger partial charge in [-0.3, -0.25) is 4.98 Å². The molecule has 0 amide bonds. The van der Waals surface area contributed by atoms with Gasteiger partial charge in [0.25, 0.3) is 0 Å². The van der Waals surface area contributed by atoms with Crippen molar-refractivity contribution in [1.29, 1.82) is 0 Å². The summed E-state index contributed by atoms with van der Waals surface area (Å²) in [5.74, 6) is 0.531. The van der Waals surface area contributed by atoms with Crippen LogP contribution >= 0.6 is 0 Å². The van der Waals surface area contributed by atoms with Gasteiger partial charge in [0.2, 0.25) is 0 Å². The molecule has 1 aliphatic rings. The number of nitrogens with zero attached hydrogens (tertiary/aromatic N) is 1. The highest BCUT2D eigenvalue weighted by Crippen LogP contribution is 2.28. The van der Waals surface area contributed by atoms with Gasteiger partial charge >= 0.3 is 0 Å². The number of hydrogen-bond acceptors (Lipinski definition) is 3. The van der Waals surface area contributed by atoms with E-state index in [2.05, 4.69) is 50.2 Å². The SMILES string of the molecule is CCCCCCCCC[C@H]1CO[C@H](c2ccc(-c3ccc(CCCCCCCC)cc3)nc2)OC1. The number of hydrogen-bond donors (Lipinski definition) is 0. The third-order valence-electron chi connectivity index (χ3n) is 7.31. The minimum Gasteiger partial charge on any atom is -0.348 e. The van der Waals surface area contributed by atoms with E-state index < -0.39 is 0 Å². The number of rotatable bonds is 17. The Morgan fingerprint density at radius 2 is 1.29 bits per heavy atom. The van der Waals surface area contributed by atoms with Gasteiger partial charge in [0.15, 0.2) is 6.29 Å². The number of aromatic nitrogens is 1. The van der Waals surface area contributed by atoms with Crippen LogP contribution in [0.2, 0.25) is 0 Å². The molecule has 0 unspecified atom stereocenters. The maximum Gasteiger partial charge on any atom is 0.185 e.